The summed E-state index contributed by atoms with van der Waals surface area (Å²) in [7, 11) is -7.21. The van der Waals surface area contributed by atoms with E-state index in [0.29, 0.717) is 36.7 Å². The summed E-state index contributed by atoms with van der Waals surface area (Å²) in [6.45, 7) is 5.03. The molecule has 1 atom stereocenters. The molecule has 0 amide bonds. The molecule has 3 aromatic rings. The van der Waals surface area contributed by atoms with Crippen LogP contribution in [0.4, 0.5) is 11.4 Å². The van der Waals surface area contributed by atoms with Crippen LogP contribution in [-0.4, -0.2) is 52.5 Å². The summed E-state index contributed by atoms with van der Waals surface area (Å²) in [5.41, 5.74) is 3.30. The van der Waals surface area contributed by atoms with Crippen molar-refractivity contribution in [2.24, 2.45) is 0 Å². The Balaban J connectivity index is 1.45. The quantitative estimate of drug-likeness (QED) is 0.159. The lowest BCUT2D eigenvalue weighted by atomic mass is 10.0. The van der Waals surface area contributed by atoms with E-state index in [4.69, 9.17) is 0 Å². The van der Waals surface area contributed by atoms with Crippen LogP contribution < -0.4 is 14.8 Å². The minimum atomic E-state index is -3.68. The summed E-state index contributed by atoms with van der Waals surface area (Å²) in [4.78, 5) is 0.212. The van der Waals surface area contributed by atoms with Crippen LogP contribution in [0.15, 0.2) is 71.6 Å². The molecule has 11 heteroatoms. The predicted octanol–water partition coefficient (Wildman–Crippen LogP) is 3.42. The number of rotatable bonds is 13. The van der Waals surface area contributed by atoms with Gasteiger partial charge in [0, 0.05) is 12.2 Å². The fourth-order valence-electron chi connectivity index (χ4n) is 3.82. The number of hydrogen-bond donors (Lipinski definition) is 5. The second kappa shape index (κ2) is 12.6. The highest BCUT2D eigenvalue weighted by Gasteiger charge is 2.15. The molecule has 1 unspecified atom stereocenters. The van der Waals surface area contributed by atoms with Crippen molar-refractivity contribution in [2.45, 2.75) is 43.6 Å². The molecule has 3 aromatic carbocycles. The number of phenolic OH excluding ortho intramolecular Hbond substituents is 1. The molecular weight excluding hydrogens is 526 g/mol. The van der Waals surface area contributed by atoms with Crippen molar-refractivity contribution in [3.05, 3.63) is 83.4 Å². The molecule has 5 N–H and O–H groups in total. The number of benzene rings is 3. The number of hydrogen-bond acceptors (Lipinski definition) is 7. The molecule has 0 aliphatic rings. The normalized spacial score (nSPS) is 12.9. The van der Waals surface area contributed by atoms with Crippen LogP contribution in [0.25, 0.3) is 0 Å². The Morgan fingerprint density at radius 1 is 0.842 bits per heavy atom. The van der Waals surface area contributed by atoms with E-state index in [9.17, 15) is 27.0 Å². The van der Waals surface area contributed by atoms with E-state index in [1.807, 2.05) is 24.3 Å². The molecule has 0 aliphatic heterocycles. The fraction of sp³-hybridized carbons (Fsp3) is 0.333. The average Bonchev–Trinajstić information content (AvgIpc) is 2.84. The lowest BCUT2D eigenvalue weighted by Crippen LogP contribution is -2.29. The van der Waals surface area contributed by atoms with Gasteiger partial charge in [0.25, 0.3) is 10.0 Å². The van der Waals surface area contributed by atoms with Gasteiger partial charge in [-0.3, -0.25) is 9.44 Å². The first kappa shape index (κ1) is 29.4. The Bertz CT molecular complexity index is 1420. The summed E-state index contributed by atoms with van der Waals surface area (Å²) in [5.74, 6) is 0.134. The molecule has 0 aromatic heterocycles. The van der Waals surface area contributed by atoms with E-state index >= 15 is 0 Å². The van der Waals surface area contributed by atoms with Crippen LogP contribution in [0, 0.1) is 0 Å². The van der Waals surface area contributed by atoms with Gasteiger partial charge in [-0.2, -0.15) is 0 Å². The number of nitrogens with one attached hydrogen (secondary N) is 3. The van der Waals surface area contributed by atoms with Crippen LogP contribution in [0.2, 0.25) is 0 Å². The standard InChI is InChI=1S/C27H35N3O6S2/c1-19(2)22-7-11-25(12-8-22)38(35,36)29-23-9-4-20(5-10-23)14-15-28-18-24(31)16-21-6-13-27(32)26(17-21)30-37(3,33)34/h4-13,17,19,24,28-32H,14-16,18H2,1-3H3. The Hall–Kier alpha value is -3.12. The lowest BCUT2D eigenvalue weighted by molar-refractivity contribution is 0.172. The second-order valence-electron chi connectivity index (χ2n) is 9.56. The maximum atomic E-state index is 12.7. The zero-order chi connectivity index (χ0) is 27.9. The van der Waals surface area contributed by atoms with Crippen molar-refractivity contribution < 1.29 is 27.0 Å². The SMILES string of the molecule is CC(C)c1ccc(S(=O)(=O)Nc2ccc(CCNCC(O)Cc3ccc(O)c(NS(C)(=O)=O)c3)cc2)cc1. The smallest absolute Gasteiger partial charge is 0.261 e. The third kappa shape index (κ3) is 9.02. The van der Waals surface area contributed by atoms with Crippen LogP contribution in [-0.2, 0) is 32.9 Å². The predicted molar refractivity (Wildman–Crippen MR) is 151 cm³/mol. The third-order valence-electron chi connectivity index (χ3n) is 5.86. The van der Waals surface area contributed by atoms with E-state index in [1.54, 1.807) is 30.3 Å². The average molecular weight is 562 g/mol. The Labute approximate surface area is 225 Å². The number of aliphatic hydroxyl groups is 1. The molecule has 3 rings (SSSR count). The summed E-state index contributed by atoms with van der Waals surface area (Å²) in [6, 6.07) is 18.5. The molecule has 0 bridgehead atoms. The van der Waals surface area contributed by atoms with Gasteiger partial charge in [-0.25, -0.2) is 16.8 Å². The monoisotopic (exact) mass is 561 g/mol. The molecule has 0 saturated carbocycles. The maximum absolute atomic E-state index is 12.7. The van der Waals surface area contributed by atoms with Gasteiger partial charge in [-0.1, -0.05) is 44.2 Å². The summed E-state index contributed by atoms with van der Waals surface area (Å²) in [6.07, 6.45) is 1.24. The molecule has 0 fully saturated rings. The number of aliphatic hydroxyl groups excluding tert-OH is 1. The van der Waals surface area contributed by atoms with Crippen molar-refractivity contribution in [3.63, 3.8) is 0 Å². The van der Waals surface area contributed by atoms with Gasteiger partial charge in [0.2, 0.25) is 10.0 Å². The zero-order valence-corrected chi connectivity index (χ0v) is 23.3. The Kier molecular flexibility index (Phi) is 9.77. The van der Waals surface area contributed by atoms with Gasteiger partial charge < -0.3 is 15.5 Å². The van der Waals surface area contributed by atoms with Crippen LogP contribution in [0.3, 0.4) is 0 Å². The number of aromatic hydroxyl groups is 1. The molecule has 0 aliphatic carbocycles. The van der Waals surface area contributed by atoms with Crippen molar-refractivity contribution in [1.29, 1.82) is 0 Å². The summed E-state index contributed by atoms with van der Waals surface area (Å²) < 4.78 is 53.1. The molecule has 0 spiro atoms. The molecule has 0 heterocycles. The second-order valence-corrected chi connectivity index (χ2v) is 13.0. The number of sulfonamides is 2. The van der Waals surface area contributed by atoms with Gasteiger partial charge in [-0.15, -0.1) is 0 Å². The summed E-state index contributed by atoms with van der Waals surface area (Å²) in [5, 5.41) is 23.4. The first-order chi connectivity index (χ1) is 17.8. The van der Waals surface area contributed by atoms with Gasteiger partial charge >= 0.3 is 0 Å². The van der Waals surface area contributed by atoms with Gasteiger partial charge in [0.1, 0.15) is 5.75 Å². The molecule has 206 valence electrons. The van der Waals surface area contributed by atoms with Crippen molar-refractivity contribution in [3.8, 4) is 5.75 Å². The van der Waals surface area contributed by atoms with Crippen LogP contribution in [0.1, 0.15) is 36.5 Å². The maximum Gasteiger partial charge on any atom is 0.261 e. The molecular formula is C27H35N3O6S2. The van der Waals surface area contributed by atoms with Crippen molar-refractivity contribution in [1.82, 2.24) is 5.32 Å². The highest BCUT2D eigenvalue weighted by molar-refractivity contribution is 7.92. The van der Waals surface area contributed by atoms with E-state index in [1.165, 1.54) is 12.1 Å². The number of anilines is 2. The lowest BCUT2D eigenvalue weighted by Gasteiger charge is -2.14. The van der Waals surface area contributed by atoms with Crippen LogP contribution >= 0.6 is 0 Å². The largest absolute Gasteiger partial charge is 0.506 e. The number of phenols is 1. The van der Waals surface area contributed by atoms with Crippen LogP contribution in [0.5, 0.6) is 5.75 Å². The highest BCUT2D eigenvalue weighted by atomic mass is 32.2. The summed E-state index contributed by atoms with van der Waals surface area (Å²) >= 11 is 0. The van der Waals surface area contributed by atoms with Crippen molar-refractivity contribution >= 4 is 31.4 Å². The van der Waals surface area contributed by atoms with Gasteiger partial charge in [0.15, 0.2) is 0 Å². The Morgan fingerprint density at radius 2 is 1.47 bits per heavy atom. The molecule has 9 nitrogen and oxygen atoms in total. The molecule has 0 saturated heterocycles. The molecule has 38 heavy (non-hydrogen) atoms. The molecule has 0 radical (unpaired) electrons. The van der Waals surface area contributed by atoms with E-state index in [2.05, 4.69) is 28.6 Å². The third-order valence-corrected chi connectivity index (χ3v) is 7.85. The minimum absolute atomic E-state index is 0.0694. The minimum Gasteiger partial charge on any atom is -0.506 e. The first-order valence-electron chi connectivity index (χ1n) is 12.2. The van der Waals surface area contributed by atoms with E-state index in [0.717, 1.165) is 17.4 Å². The van der Waals surface area contributed by atoms with Gasteiger partial charge in [-0.05, 0) is 78.4 Å². The van der Waals surface area contributed by atoms with Gasteiger partial charge in [0.05, 0.1) is 22.9 Å². The van der Waals surface area contributed by atoms with E-state index in [-0.39, 0.29) is 22.8 Å². The topological polar surface area (TPSA) is 145 Å². The highest BCUT2D eigenvalue weighted by Crippen LogP contribution is 2.25. The zero-order valence-electron chi connectivity index (χ0n) is 21.7. The first-order valence-corrected chi connectivity index (χ1v) is 15.6. The fourth-order valence-corrected chi connectivity index (χ4v) is 5.44. The van der Waals surface area contributed by atoms with Crippen molar-refractivity contribution in [2.75, 3.05) is 28.8 Å². The van der Waals surface area contributed by atoms with E-state index < -0.39 is 26.2 Å². The Morgan fingerprint density at radius 3 is 2.08 bits per heavy atom.